The van der Waals surface area contributed by atoms with Crippen molar-refractivity contribution in [3.63, 3.8) is 0 Å². The van der Waals surface area contributed by atoms with Gasteiger partial charge < -0.3 is 10.0 Å². The Labute approximate surface area is 172 Å². The highest BCUT2D eigenvalue weighted by atomic mass is 16.3. The van der Waals surface area contributed by atoms with Gasteiger partial charge in [-0.15, -0.1) is 5.10 Å². The van der Waals surface area contributed by atoms with E-state index in [0.717, 1.165) is 0 Å². The number of carbonyl (C=O) groups excluding carboxylic acids is 1. The average molecular weight is 404 g/mol. The fourth-order valence-electron chi connectivity index (χ4n) is 3.54. The summed E-state index contributed by atoms with van der Waals surface area (Å²) in [6.45, 7) is 1.20. The van der Waals surface area contributed by atoms with Gasteiger partial charge in [0.25, 0.3) is 5.91 Å². The molecule has 152 valence electrons. The Balaban J connectivity index is 1.64. The molecule has 0 radical (unpaired) electrons. The first-order chi connectivity index (χ1) is 14.5. The van der Waals surface area contributed by atoms with E-state index in [4.69, 9.17) is 0 Å². The van der Waals surface area contributed by atoms with E-state index < -0.39 is 6.10 Å². The number of fused-ring (bicyclic) bond motifs is 1. The molecule has 30 heavy (non-hydrogen) atoms. The van der Waals surface area contributed by atoms with Crippen molar-refractivity contribution in [1.29, 1.82) is 0 Å². The summed E-state index contributed by atoms with van der Waals surface area (Å²) in [7, 11) is 3.57. The molecule has 10 heteroatoms. The summed E-state index contributed by atoms with van der Waals surface area (Å²) in [6.07, 6.45) is 0.662. The van der Waals surface area contributed by atoms with Crippen LogP contribution in [0.1, 0.15) is 28.0 Å². The SMILES string of the molecule is CN1CCn2nc(-c3nc(C(O)c4ccccc4)nn3-c3ccnn3C)cc2C1=O. The molecular weight excluding hydrogens is 384 g/mol. The molecular formula is C20H20N8O2. The van der Waals surface area contributed by atoms with E-state index in [-0.39, 0.29) is 11.7 Å². The molecule has 1 aliphatic rings. The number of aryl methyl sites for hydroxylation is 1. The Bertz CT molecular complexity index is 1220. The third-order valence-electron chi connectivity index (χ3n) is 5.22. The monoisotopic (exact) mass is 404 g/mol. The lowest BCUT2D eigenvalue weighted by molar-refractivity contribution is 0.0743. The minimum Gasteiger partial charge on any atom is -0.380 e. The van der Waals surface area contributed by atoms with E-state index in [0.29, 0.717) is 41.7 Å². The predicted molar refractivity (Wildman–Crippen MR) is 107 cm³/mol. The number of hydrogen-bond acceptors (Lipinski definition) is 6. The smallest absolute Gasteiger partial charge is 0.271 e. The summed E-state index contributed by atoms with van der Waals surface area (Å²) in [5.41, 5.74) is 1.70. The second-order valence-corrected chi connectivity index (χ2v) is 7.20. The average Bonchev–Trinajstić information content (AvgIpc) is 3.48. The lowest BCUT2D eigenvalue weighted by Crippen LogP contribution is -2.37. The molecule has 0 fully saturated rings. The second-order valence-electron chi connectivity index (χ2n) is 7.20. The van der Waals surface area contributed by atoms with Crippen LogP contribution < -0.4 is 0 Å². The number of aromatic nitrogens is 7. The molecule has 1 aliphatic heterocycles. The van der Waals surface area contributed by atoms with E-state index in [1.54, 1.807) is 51.4 Å². The molecule has 1 amide bonds. The maximum Gasteiger partial charge on any atom is 0.271 e. The molecule has 4 aromatic rings. The van der Waals surface area contributed by atoms with Crippen LogP contribution in [0.2, 0.25) is 0 Å². The number of nitrogens with zero attached hydrogens (tertiary/aromatic N) is 8. The number of benzene rings is 1. The summed E-state index contributed by atoms with van der Waals surface area (Å²) in [6, 6.07) is 12.7. The van der Waals surface area contributed by atoms with Gasteiger partial charge in [-0.25, -0.2) is 4.98 Å². The molecule has 0 saturated heterocycles. The van der Waals surface area contributed by atoms with Gasteiger partial charge >= 0.3 is 0 Å². The summed E-state index contributed by atoms with van der Waals surface area (Å²) in [5, 5.41) is 24.2. The zero-order chi connectivity index (χ0) is 20.8. The van der Waals surface area contributed by atoms with Gasteiger partial charge in [0.1, 0.15) is 17.5 Å². The lowest BCUT2D eigenvalue weighted by Gasteiger charge is -2.22. The van der Waals surface area contributed by atoms with Crippen LogP contribution in [0.15, 0.2) is 48.7 Å². The first-order valence-electron chi connectivity index (χ1n) is 9.55. The quantitative estimate of drug-likeness (QED) is 0.545. The van der Waals surface area contributed by atoms with Crippen molar-refractivity contribution in [2.24, 2.45) is 7.05 Å². The van der Waals surface area contributed by atoms with E-state index in [9.17, 15) is 9.90 Å². The first-order valence-corrected chi connectivity index (χ1v) is 9.55. The highest BCUT2D eigenvalue weighted by Gasteiger charge is 2.28. The number of hydrogen-bond donors (Lipinski definition) is 1. The van der Waals surface area contributed by atoms with Gasteiger partial charge in [-0.05, 0) is 5.56 Å². The molecule has 1 unspecified atom stereocenters. The molecule has 10 nitrogen and oxygen atoms in total. The van der Waals surface area contributed by atoms with E-state index in [2.05, 4.69) is 20.3 Å². The van der Waals surface area contributed by atoms with Crippen molar-refractivity contribution >= 4 is 5.91 Å². The van der Waals surface area contributed by atoms with Gasteiger partial charge in [0, 0.05) is 32.8 Å². The summed E-state index contributed by atoms with van der Waals surface area (Å²) >= 11 is 0. The Morgan fingerprint density at radius 1 is 1.07 bits per heavy atom. The van der Waals surface area contributed by atoms with Crippen molar-refractivity contribution in [1.82, 2.24) is 39.2 Å². The van der Waals surface area contributed by atoms with Gasteiger partial charge in [-0.2, -0.15) is 14.9 Å². The minimum absolute atomic E-state index is 0.0869. The van der Waals surface area contributed by atoms with Crippen molar-refractivity contribution in [3.05, 3.63) is 65.7 Å². The minimum atomic E-state index is -0.996. The predicted octanol–water partition coefficient (Wildman–Crippen LogP) is 1.03. The standard InChI is InChI=1S/C20H20N8O2/c1-25-10-11-27-15(20(25)30)12-14(23-27)19-22-18(17(29)13-6-4-3-5-7-13)24-28(19)16-8-9-21-26(16)2/h3-9,12,17,29H,10-11H2,1-2H3. The van der Waals surface area contributed by atoms with Crippen LogP contribution in [0.3, 0.4) is 0 Å². The zero-order valence-electron chi connectivity index (χ0n) is 16.5. The topological polar surface area (TPSA) is 107 Å². The van der Waals surface area contributed by atoms with Crippen LogP contribution in [0.5, 0.6) is 0 Å². The molecule has 0 bridgehead atoms. The van der Waals surface area contributed by atoms with Crippen LogP contribution in [0, 0.1) is 0 Å². The maximum atomic E-state index is 12.5. The van der Waals surface area contributed by atoms with Gasteiger partial charge in [-0.3, -0.25) is 14.2 Å². The van der Waals surface area contributed by atoms with E-state index in [1.165, 1.54) is 0 Å². The van der Waals surface area contributed by atoms with Crippen molar-refractivity contribution in [2.45, 2.75) is 12.6 Å². The van der Waals surface area contributed by atoms with Crippen molar-refractivity contribution in [3.8, 4) is 17.3 Å². The fourth-order valence-corrected chi connectivity index (χ4v) is 3.54. The van der Waals surface area contributed by atoms with Crippen LogP contribution >= 0.6 is 0 Å². The van der Waals surface area contributed by atoms with Crippen molar-refractivity contribution < 1.29 is 9.90 Å². The molecule has 4 heterocycles. The number of carbonyl (C=O) groups is 1. The molecule has 1 atom stereocenters. The highest BCUT2D eigenvalue weighted by molar-refractivity contribution is 5.94. The molecule has 0 spiro atoms. The number of rotatable bonds is 4. The first kappa shape index (κ1) is 18.3. The summed E-state index contributed by atoms with van der Waals surface area (Å²) in [4.78, 5) is 18.8. The van der Waals surface area contributed by atoms with Crippen LogP contribution in [0.25, 0.3) is 17.3 Å². The maximum absolute atomic E-state index is 12.5. The number of amides is 1. The van der Waals surface area contributed by atoms with Crippen LogP contribution in [-0.4, -0.2) is 63.8 Å². The van der Waals surface area contributed by atoms with Gasteiger partial charge in [-0.1, -0.05) is 30.3 Å². The fraction of sp³-hybridized carbons (Fsp3) is 0.250. The summed E-state index contributed by atoms with van der Waals surface area (Å²) < 4.78 is 4.94. The van der Waals surface area contributed by atoms with Gasteiger partial charge in [0.05, 0.1) is 12.7 Å². The number of aliphatic hydroxyl groups excluding tert-OH is 1. The second kappa shape index (κ2) is 6.92. The zero-order valence-corrected chi connectivity index (χ0v) is 16.5. The largest absolute Gasteiger partial charge is 0.380 e. The summed E-state index contributed by atoms with van der Waals surface area (Å²) in [5.74, 6) is 1.25. The Hall–Kier alpha value is -3.79. The van der Waals surface area contributed by atoms with Gasteiger partial charge in [0.2, 0.25) is 0 Å². The Kier molecular flexibility index (Phi) is 4.21. The van der Waals surface area contributed by atoms with E-state index >= 15 is 0 Å². The Morgan fingerprint density at radius 3 is 2.60 bits per heavy atom. The molecule has 3 aromatic heterocycles. The van der Waals surface area contributed by atoms with Gasteiger partial charge in [0.15, 0.2) is 17.5 Å². The highest BCUT2D eigenvalue weighted by Crippen LogP contribution is 2.26. The molecule has 1 aromatic carbocycles. The van der Waals surface area contributed by atoms with E-state index in [1.807, 2.05) is 30.3 Å². The third kappa shape index (κ3) is 2.89. The Morgan fingerprint density at radius 2 is 1.87 bits per heavy atom. The number of aliphatic hydroxyl groups is 1. The van der Waals surface area contributed by atoms with Crippen LogP contribution in [0.4, 0.5) is 0 Å². The van der Waals surface area contributed by atoms with Crippen molar-refractivity contribution in [2.75, 3.05) is 13.6 Å². The normalized spacial score (nSPS) is 14.8. The lowest BCUT2D eigenvalue weighted by atomic mass is 10.1. The molecule has 0 aliphatic carbocycles. The third-order valence-corrected chi connectivity index (χ3v) is 5.22. The molecule has 5 rings (SSSR count). The molecule has 1 N–H and O–H groups in total. The molecule has 0 saturated carbocycles. The number of likely N-dealkylation sites (N-methyl/N-ethyl adjacent to an activating group) is 1. The van der Waals surface area contributed by atoms with Crippen LogP contribution in [-0.2, 0) is 13.6 Å².